The van der Waals surface area contributed by atoms with Gasteiger partial charge in [0, 0.05) is 48.6 Å². The van der Waals surface area contributed by atoms with Gasteiger partial charge in [0.15, 0.2) is 5.78 Å². The van der Waals surface area contributed by atoms with Gasteiger partial charge in [-0.1, -0.05) is 30.3 Å². The van der Waals surface area contributed by atoms with E-state index in [1.165, 1.54) is 0 Å². The van der Waals surface area contributed by atoms with Crippen LogP contribution in [0.4, 0.5) is 5.69 Å². The molecule has 2 atom stereocenters. The van der Waals surface area contributed by atoms with Crippen LogP contribution in [0, 0.1) is 0 Å². The highest BCUT2D eigenvalue weighted by atomic mass is 16.2. The highest BCUT2D eigenvalue weighted by Gasteiger charge is 2.59. The second-order valence-corrected chi connectivity index (χ2v) is 8.82. The normalized spacial score (nSPS) is 23.5. The molecule has 6 rings (SSSR count). The zero-order valence-electron chi connectivity index (χ0n) is 17.7. The Labute approximate surface area is 185 Å². The molecule has 2 unspecified atom stereocenters. The van der Waals surface area contributed by atoms with Gasteiger partial charge in [-0.3, -0.25) is 19.1 Å². The van der Waals surface area contributed by atoms with Crippen LogP contribution in [0.2, 0.25) is 0 Å². The summed E-state index contributed by atoms with van der Waals surface area (Å²) in [5.74, 6) is -0.142. The van der Waals surface area contributed by atoms with E-state index in [0.717, 1.165) is 22.4 Å². The van der Waals surface area contributed by atoms with Crippen molar-refractivity contribution < 1.29 is 14.4 Å². The van der Waals surface area contributed by atoms with Crippen molar-refractivity contribution in [2.75, 3.05) is 11.9 Å². The highest BCUT2D eigenvalue weighted by Crippen LogP contribution is 2.55. The van der Waals surface area contributed by atoms with Crippen molar-refractivity contribution in [1.29, 1.82) is 0 Å². The van der Waals surface area contributed by atoms with Gasteiger partial charge in [0.2, 0.25) is 5.91 Å². The average molecular weight is 426 g/mol. The molecule has 1 aliphatic carbocycles. The lowest BCUT2D eigenvalue weighted by molar-refractivity contribution is -0.121. The van der Waals surface area contributed by atoms with Gasteiger partial charge in [-0.15, -0.1) is 0 Å². The second-order valence-electron chi connectivity index (χ2n) is 8.82. The number of nitrogens with one attached hydrogen (secondary N) is 1. The number of amides is 2. The Morgan fingerprint density at radius 3 is 2.78 bits per heavy atom. The molecule has 2 amide bonds. The van der Waals surface area contributed by atoms with E-state index in [1.807, 2.05) is 37.5 Å². The molecule has 0 bridgehead atoms. The van der Waals surface area contributed by atoms with Gasteiger partial charge in [-0.25, -0.2) is 0 Å². The molecule has 1 saturated heterocycles. The van der Waals surface area contributed by atoms with Crippen LogP contribution in [-0.4, -0.2) is 38.8 Å². The van der Waals surface area contributed by atoms with Crippen molar-refractivity contribution in [2.24, 2.45) is 7.05 Å². The van der Waals surface area contributed by atoms with Crippen LogP contribution in [0.1, 0.15) is 56.3 Å². The smallest absolute Gasteiger partial charge is 0.254 e. The molecule has 0 radical (unpaired) electrons. The van der Waals surface area contributed by atoms with E-state index in [9.17, 15) is 14.4 Å². The number of ketones is 1. The Hall–Kier alpha value is -3.74. The molecule has 2 aromatic carbocycles. The summed E-state index contributed by atoms with van der Waals surface area (Å²) < 4.78 is 1.70. The largest absolute Gasteiger partial charge is 0.330 e. The van der Waals surface area contributed by atoms with Crippen LogP contribution >= 0.6 is 0 Å². The molecule has 1 aromatic heterocycles. The summed E-state index contributed by atoms with van der Waals surface area (Å²) in [6.07, 6.45) is 5.16. The second kappa shape index (κ2) is 6.63. The number of hydrogen-bond donors (Lipinski definition) is 1. The van der Waals surface area contributed by atoms with E-state index in [1.54, 1.807) is 34.0 Å². The lowest BCUT2D eigenvalue weighted by Crippen LogP contribution is -2.42. The number of benzene rings is 2. The van der Waals surface area contributed by atoms with Crippen LogP contribution < -0.4 is 5.32 Å². The number of likely N-dealkylation sites (tertiary alicyclic amines) is 1. The van der Waals surface area contributed by atoms with E-state index >= 15 is 0 Å². The predicted octanol–water partition coefficient (Wildman–Crippen LogP) is 3.03. The Morgan fingerprint density at radius 1 is 1.12 bits per heavy atom. The number of para-hydroxylation sites is 1. The van der Waals surface area contributed by atoms with Gasteiger partial charge in [-0.05, 0) is 36.1 Å². The molecule has 3 aliphatic rings. The number of nitrogens with zero attached hydrogens (tertiary/aromatic N) is 3. The van der Waals surface area contributed by atoms with Crippen molar-refractivity contribution in [3.63, 3.8) is 0 Å². The fourth-order valence-corrected chi connectivity index (χ4v) is 5.80. The first kappa shape index (κ1) is 19.0. The summed E-state index contributed by atoms with van der Waals surface area (Å²) in [5.41, 5.74) is 3.70. The number of aryl methyl sites for hydroxylation is 1. The molecule has 1 spiro atoms. The molecule has 32 heavy (non-hydrogen) atoms. The molecular weight excluding hydrogens is 404 g/mol. The summed E-state index contributed by atoms with van der Waals surface area (Å²) in [6.45, 7) is 0.442. The topological polar surface area (TPSA) is 84.3 Å². The zero-order chi connectivity index (χ0) is 22.0. The molecule has 2 aliphatic heterocycles. The summed E-state index contributed by atoms with van der Waals surface area (Å²) in [7, 11) is 1.83. The Balaban J connectivity index is 1.51. The first-order valence-electron chi connectivity index (χ1n) is 10.9. The van der Waals surface area contributed by atoms with Crippen molar-refractivity contribution in [3.05, 3.63) is 82.7 Å². The zero-order valence-corrected chi connectivity index (χ0v) is 17.7. The Morgan fingerprint density at radius 2 is 1.97 bits per heavy atom. The summed E-state index contributed by atoms with van der Waals surface area (Å²) in [5, 5.41) is 7.37. The molecule has 3 aromatic rings. The average Bonchev–Trinajstić information content (AvgIpc) is 3.55. The third-order valence-electron chi connectivity index (χ3n) is 7.20. The molecule has 1 fully saturated rings. The van der Waals surface area contributed by atoms with E-state index in [-0.39, 0.29) is 17.6 Å². The first-order chi connectivity index (χ1) is 15.5. The summed E-state index contributed by atoms with van der Waals surface area (Å²) in [4.78, 5) is 41.4. The molecule has 3 heterocycles. The van der Waals surface area contributed by atoms with Gasteiger partial charge in [-0.2, -0.15) is 5.10 Å². The van der Waals surface area contributed by atoms with Crippen LogP contribution in [0.5, 0.6) is 0 Å². The lowest BCUT2D eigenvalue weighted by Gasteiger charge is -2.33. The number of carbonyl (C=O) groups excluding carboxylic acids is 3. The molecule has 7 nitrogen and oxygen atoms in total. The van der Waals surface area contributed by atoms with Crippen LogP contribution in [0.3, 0.4) is 0 Å². The quantitative estimate of drug-likeness (QED) is 0.683. The van der Waals surface area contributed by atoms with Crippen LogP contribution in [0.25, 0.3) is 0 Å². The highest BCUT2D eigenvalue weighted by molar-refractivity contribution is 6.09. The number of Topliss-reactive ketones (excluding diaryl/α,β-unsaturated/α-hetero) is 1. The number of carbonyl (C=O) groups is 3. The fraction of sp³-hybridized carbons (Fsp3) is 0.280. The van der Waals surface area contributed by atoms with E-state index in [2.05, 4.69) is 10.4 Å². The minimum Gasteiger partial charge on any atom is -0.330 e. The maximum Gasteiger partial charge on any atom is 0.254 e. The predicted molar refractivity (Wildman–Crippen MR) is 117 cm³/mol. The number of anilines is 1. The van der Waals surface area contributed by atoms with Gasteiger partial charge >= 0.3 is 0 Å². The maximum atomic E-state index is 13.9. The Kier molecular flexibility index (Phi) is 3.93. The standard InChI is InChI=1S/C25H22N4O3/c1-28-14-15(13-26-28)22-25(19-7-2-3-8-20(19)27-24(25)32)11-12-29(22)23(31)18-6-4-5-17-16(18)9-10-21(17)30/h2-8,13-14,22H,9-12H2,1H3,(H,27,32). The van der Waals surface area contributed by atoms with Gasteiger partial charge < -0.3 is 10.2 Å². The number of hydrogen-bond acceptors (Lipinski definition) is 4. The molecule has 0 saturated carbocycles. The molecular formula is C25H22N4O3. The summed E-state index contributed by atoms with van der Waals surface area (Å²) in [6, 6.07) is 12.6. The summed E-state index contributed by atoms with van der Waals surface area (Å²) >= 11 is 0. The van der Waals surface area contributed by atoms with E-state index < -0.39 is 11.5 Å². The Bertz CT molecular complexity index is 1310. The van der Waals surface area contributed by atoms with Crippen molar-refractivity contribution in [3.8, 4) is 0 Å². The van der Waals surface area contributed by atoms with Crippen LogP contribution in [0.15, 0.2) is 54.9 Å². The third-order valence-corrected chi connectivity index (χ3v) is 7.20. The maximum absolute atomic E-state index is 13.9. The first-order valence-corrected chi connectivity index (χ1v) is 10.9. The lowest BCUT2D eigenvalue weighted by atomic mass is 9.73. The van der Waals surface area contributed by atoms with Gasteiger partial charge in [0.05, 0.1) is 12.2 Å². The minimum atomic E-state index is -0.872. The number of rotatable bonds is 2. The van der Waals surface area contributed by atoms with Crippen molar-refractivity contribution in [2.45, 2.75) is 30.7 Å². The monoisotopic (exact) mass is 426 g/mol. The van der Waals surface area contributed by atoms with Gasteiger partial charge in [0.1, 0.15) is 5.41 Å². The molecule has 7 heteroatoms. The molecule has 160 valence electrons. The number of aromatic nitrogens is 2. The van der Waals surface area contributed by atoms with E-state index in [0.29, 0.717) is 36.9 Å². The minimum absolute atomic E-state index is 0.0837. The SMILES string of the molecule is Cn1cc(C2N(C(=O)c3cccc4c3CCC4=O)CCC23C(=O)Nc2ccccc23)cn1. The fourth-order valence-electron chi connectivity index (χ4n) is 5.80. The van der Waals surface area contributed by atoms with Crippen molar-refractivity contribution >= 4 is 23.3 Å². The van der Waals surface area contributed by atoms with Crippen molar-refractivity contribution in [1.82, 2.24) is 14.7 Å². The van der Waals surface area contributed by atoms with Gasteiger partial charge in [0.25, 0.3) is 5.91 Å². The number of fused-ring (bicyclic) bond motifs is 3. The van der Waals surface area contributed by atoms with Crippen LogP contribution in [-0.2, 0) is 23.7 Å². The molecule has 1 N–H and O–H groups in total. The third kappa shape index (κ3) is 2.42. The van der Waals surface area contributed by atoms with E-state index in [4.69, 9.17) is 0 Å².